The molecule has 120 heavy (non-hydrogen) atoms. The lowest BCUT2D eigenvalue weighted by Gasteiger charge is -2.19. The zero-order valence-corrected chi connectivity index (χ0v) is 76.6. The molecule has 1 atom stereocenters. The number of hydrogen-bond acceptors (Lipinski definition) is 24. The SMILES string of the molecule is C=CC(=O)N(CC)CC(=O)OC.C=CC(=O)N(CC)CC(=O)OC(C)C.C=CC(=O)N(CC)CC(=O)OCC.C=CC(=O)N(CC)CC(=O)OCC(C)C.C=CC(=O)N(CC)CC(=O)OCC(CC)CCCC.C=CC(=O)N(CC)CC(=O)OCCC.C=CC(=O)N(CC)CC(=O)OCCC(C)C.C=CC(=O)N(CC)CC(=O)OCCCCCC. The largest absolute Gasteiger partial charge is 0.468 e. The summed E-state index contributed by atoms with van der Waals surface area (Å²) in [6.07, 6.45) is 19.7. The maximum absolute atomic E-state index is 11.7. The van der Waals surface area contributed by atoms with E-state index >= 15 is 0 Å². The molecule has 0 rings (SSSR count). The number of nitrogens with zero attached hydrogens (tertiary/aromatic N) is 8. The fourth-order valence-electron chi connectivity index (χ4n) is 8.55. The van der Waals surface area contributed by atoms with E-state index in [1.165, 1.54) is 94.9 Å². The van der Waals surface area contributed by atoms with Gasteiger partial charge in [-0.25, -0.2) is 0 Å². The van der Waals surface area contributed by atoms with Crippen LogP contribution in [0.3, 0.4) is 0 Å². The second kappa shape index (κ2) is 84.9. The molecule has 0 N–H and O–H groups in total. The lowest BCUT2D eigenvalue weighted by Crippen LogP contribution is -2.35. The monoisotopic (exact) mass is 1710 g/mol. The van der Waals surface area contributed by atoms with Crippen molar-refractivity contribution in [3.8, 4) is 0 Å². The van der Waals surface area contributed by atoms with Gasteiger partial charge in [-0.2, -0.15) is 0 Å². The minimum absolute atomic E-state index is 0.000547. The fraction of sp³-hybridized carbons (Fsp3) is 0.636. The first-order valence-electron chi connectivity index (χ1n) is 41.2. The van der Waals surface area contributed by atoms with Crippen LogP contribution in [0.25, 0.3) is 0 Å². The van der Waals surface area contributed by atoms with Gasteiger partial charge in [0.1, 0.15) is 52.4 Å². The maximum atomic E-state index is 11.7. The third-order valence-corrected chi connectivity index (χ3v) is 15.7. The van der Waals surface area contributed by atoms with Gasteiger partial charge in [0.25, 0.3) is 0 Å². The van der Waals surface area contributed by atoms with Crippen LogP contribution in [-0.2, 0) is 115 Å². The van der Waals surface area contributed by atoms with E-state index < -0.39 is 11.9 Å². The molecule has 0 aliphatic rings. The maximum Gasteiger partial charge on any atom is 0.325 e. The van der Waals surface area contributed by atoms with Crippen LogP contribution in [0.5, 0.6) is 0 Å². The van der Waals surface area contributed by atoms with Gasteiger partial charge in [-0.1, -0.05) is 147 Å². The molecule has 0 heterocycles. The van der Waals surface area contributed by atoms with Gasteiger partial charge in [0.2, 0.25) is 47.3 Å². The van der Waals surface area contributed by atoms with Crippen LogP contribution in [0.2, 0.25) is 0 Å². The first-order chi connectivity index (χ1) is 56.7. The molecule has 0 radical (unpaired) electrons. The Bertz CT molecular complexity index is 3030. The topological polar surface area (TPSA) is 373 Å². The third kappa shape index (κ3) is 74.9. The van der Waals surface area contributed by atoms with Crippen molar-refractivity contribution < 1.29 is 115 Å². The van der Waals surface area contributed by atoms with Crippen molar-refractivity contribution >= 4 is 95.0 Å². The van der Waals surface area contributed by atoms with Gasteiger partial charge in [0, 0.05) is 52.4 Å². The summed E-state index contributed by atoms with van der Waals surface area (Å²) in [4.78, 5) is 190. The molecule has 688 valence electrons. The van der Waals surface area contributed by atoms with Crippen molar-refractivity contribution in [1.82, 2.24) is 39.2 Å². The zero-order valence-electron chi connectivity index (χ0n) is 76.6. The molecule has 0 bridgehead atoms. The lowest BCUT2D eigenvalue weighted by molar-refractivity contribution is -0.151. The van der Waals surface area contributed by atoms with Gasteiger partial charge in [-0.15, -0.1) is 0 Å². The highest BCUT2D eigenvalue weighted by Crippen LogP contribution is 2.13. The Labute approximate surface area is 718 Å². The van der Waals surface area contributed by atoms with E-state index in [1.54, 1.807) is 55.4 Å². The molecule has 0 aliphatic heterocycles. The first kappa shape index (κ1) is 125. The molecule has 0 aliphatic carbocycles. The van der Waals surface area contributed by atoms with Crippen molar-refractivity contribution in [2.75, 3.05) is 151 Å². The summed E-state index contributed by atoms with van der Waals surface area (Å²) in [7, 11) is 1.29. The summed E-state index contributed by atoms with van der Waals surface area (Å²) < 4.78 is 39.1. The standard InChI is InChI=1S/C15H27NO3.C13H23NO3.C12H21NO3.C11H19NO3.2C10H17NO3.C9H15NO3.C8H13NO3/c1-5-9-10-13(6-2)12-19-15(18)11-16(8-4)14(17)7-3;1-4-7-8-9-10-17-13(16)11-14(6-3)12(15)5-2;1-5-11(14)13(6-2)9-12(15)16-8-7-10(3)4;1-5-10(13)12(6-2)7-11(14)15-8-9(3)4;1-5-9(12)11(6-2)7-10(13)14-8(3)4;1-4-7-14-10(13)8-11(6-3)9(12)5-2;1-4-8(11)10(5-2)7-9(12)13-6-3;1-4-7(10)9(5-2)6-8(11)12-3/h7,13H,3,5-6,8-12H2,1-2,4H3;5H,2,4,6-11H2,1,3H3;5,10H,1,6-9H2,2-4H3;5,9H,1,6-8H2,2-4H3;5,8H,1,6-7H2,2-4H3;5H,2,4,6-8H2,1,3H3;4H,1,5-7H2,2-3H3;4H,1,5-6H2,2-3H3. The van der Waals surface area contributed by atoms with E-state index in [2.05, 4.69) is 92.0 Å². The van der Waals surface area contributed by atoms with E-state index in [0.717, 1.165) is 64.2 Å². The van der Waals surface area contributed by atoms with E-state index in [4.69, 9.17) is 33.2 Å². The van der Waals surface area contributed by atoms with Gasteiger partial charge in [0.15, 0.2) is 0 Å². The summed E-state index contributed by atoms with van der Waals surface area (Å²) in [5.41, 5.74) is 0. The molecule has 0 fully saturated rings. The van der Waals surface area contributed by atoms with Crippen molar-refractivity contribution in [3.05, 3.63) is 101 Å². The average molecular weight is 1710 g/mol. The summed E-state index contributed by atoms with van der Waals surface area (Å²) in [6, 6.07) is 0. The Balaban J connectivity index is -0.000000200. The number of likely N-dealkylation sites (N-methyl/N-ethyl adjacent to an activating group) is 8. The van der Waals surface area contributed by atoms with Gasteiger partial charge in [-0.3, -0.25) is 76.7 Å². The van der Waals surface area contributed by atoms with Crippen LogP contribution in [0, 0.1) is 17.8 Å². The number of rotatable bonds is 52. The lowest BCUT2D eigenvalue weighted by atomic mass is 10.0. The minimum atomic E-state index is -0.424. The zero-order chi connectivity index (χ0) is 94.1. The molecule has 0 aromatic heterocycles. The Morgan fingerprint density at radius 1 is 0.275 bits per heavy atom. The highest BCUT2D eigenvalue weighted by molar-refractivity contribution is 5.94. The Kier molecular flexibility index (Phi) is 88.5. The molecule has 0 aromatic carbocycles. The quantitative estimate of drug-likeness (QED) is 0.0236. The number of ether oxygens (including phenoxy) is 8. The van der Waals surface area contributed by atoms with Crippen molar-refractivity contribution in [2.24, 2.45) is 17.8 Å². The van der Waals surface area contributed by atoms with Gasteiger partial charge >= 0.3 is 47.8 Å². The second-order valence-electron chi connectivity index (χ2n) is 26.5. The summed E-state index contributed by atoms with van der Waals surface area (Å²) >= 11 is 0. The predicted molar refractivity (Wildman–Crippen MR) is 466 cm³/mol. The smallest absolute Gasteiger partial charge is 0.325 e. The van der Waals surface area contributed by atoms with Crippen LogP contribution in [0.4, 0.5) is 0 Å². The van der Waals surface area contributed by atoms with Gasteiger partial charge in [0.05, 0.1) is 52.9 Å². The van der Waals surface area contributed by atoms with Crippen LogP contribution in [0.1, 0.15) is 196 Å². The molecule has 0 saturated heterocycles. The number of carbonyl (C=O) groups is 16. The number of esters is 8. The predicted octanol–water partition coefficient (Wildman–Crippen LogP) is 10.5. The highest BCUT2D eigenvalue weighted by atomic mass is 16.6. The fourth-order valence-corrected chi connectivity index (χ4v) is 8.55. The molecule has 32 nitrogen and oxygen atoms in total. The van der Waals surface area contributed by atoms with Crippen LogP contribution >= 0.6 is 0 Å². The number of methoxy groups -OCH3 is 1. The molecule has 8 amide bonds. The number of hydrogen-bond donors (Lipinski definition) is 0. The molecular weight excluding hydrogens is 1550 g/mol. The molecule has 0 spiro atoms. The normalized spacial score (nSPS) is 9.89. The summed E-state index contributed by atoms with van der Waals surface area (Å²) in [5, 5.41) is 0. The Morgan fingerprint density at radius 3 is 0.783 bits per heavy atom. The van der Waals surface area contributed by atoms with Crippen LogP contribution in [0.15, 0.2) is 101 Å². The van der Waals surface area contributed by atoms with E-state index in [9.17, 15) is 76.7 Å². The minimum Gasteiger partial charge on any atom is -0.468 e. The Hall–Kier alpha value is -10.6. The van der Waals surface area contributed by atoms with E-state index in [-0.39, 0.29) is 142 Å². The van der Waals surface area contributed by atoms with E-state index in [0.29, 0.717) is 110 Å². The van der Waals surface area contributed by atoms with Gasteiger partial charge < -0.3 is 77.1 Å². The number of amides is 8. The summed E-state index contributed by atoms with van der Waals surface area (Å²) in [6.45, 7) is 69.2. The second-order valence-corrected chi connectivity index (χ2v) is 26.5. The highest BCUT2D eigenvalue weighted by Gasteiger charge is 2.21. The molecule has 32 heteroatoms. The number of unbranched alkanes of at least 4 members (excludes halogenated alkanes) is 4. The Morgan fingerprint density at radius 2 is 0.542 bits per heavy atom. The first-order valence-corrected chi connectivity index (χ1v) is 41.2. The molecular formula is C88H152N8O24. The van der Waals surface area contributed by atoms with Crippen LogP contribution < -0.4 is 0 Å². The summed E-state index contributed by atoms with van der Waals surface area (Å²) in [5.74, 6) is -3.77. The van der Waals surface area contributed by atoms with Crippen molar-refractivity contribution in [2.45, 2.75) is 202 Å². The average Bonchev–Trinajstić information content (AvgIpc) is 0.945. The number of carbonyl (C=O) groups excluding carboxylic acids is 16. The van der Waals surface area contributed by atoms with Crippen LogP contribution in [-0.4, -0.2) is 292 Å². The van der Waals surface area contributed by atoms with Crippen molar-refractivity contribution in [1.29, 1.82) is 0 Å². The molecule has 1 unspecified atom stereocenters. The van der Waals surface area contributed by atoms with Gasteiger partial charge in [-0.05, 0) is 168 Å². The molecule has 0 aromatic rings. The third-order valence-electron chi connectivity index (χ3n) is 15.7. The van der Waals surface area contributed by atoms with Crippen molar-refractivity contribution in [3.63, 3.8) is 0 Å². The van der Waals surface area contributed by atoms with E-state index in [1.807, 2.05) is 41.5 Å². The molecule has 0 saturated carbocycles.